The van der Waals surface area contributed by atoms with Gasteiger partial charge in [0.1, 0.15) is 0 Å². The molecule has 4 heteroatoms. The lowest BCUT2D eigenvalue weighted by Gasteiger charge is -2.25. The van der Waals surface area contributed by atoms with E-state index in [1.165, 1.54) is 6.92 Å². The normalized spacial score (nSPS) is 13.4. The van der Waals surface area contributed by atoms with Gasteiger partial charge in [-0.3, -0.25) is 0 Å². The Labute approximate surface area is 95.9 Å². The molecule has 0 saturated heterocycles. The summed E-state index contributed by atoms with van der Waals surface area (Å²) in [6.45, 7) is 10.1. The number of carbonyl (C=O) groups excluding carboxylic acids is 2. The number of hydrogen-bond donors (Lipinski definition) is 0. The van der Waals surface area contributed by atoms with Gasteiger partial charge >= 0.3 is 11.9 Å². The first-order valence-corrected chi connectivity index (χ1v) is 5.17. The monoisotopic (exact) mass is 226 g/mol. The Bertz CT molecular complexity index is 283. The summed E-state index contributed by atoms with van der Waals surface area (Å²) in [5.41, 5.74) is -1.27. The van der Waals surface area contributed by atoms with Gasteiger partial charge < -0.3 is 9.47 Å². The van der Waals surface area contributed by atoms with Crippen molar-refractivity contribution in [2.24, 2.45) is 0 Å². The minimum Gasteiger partial charge on any atom is -0.444 e. The molecule has 0 aromatic carbocycles. The van der Waals surface area contributed by atoms with Crippen LogP contribution in [0.5, 0.6) is 0 Å². The van der Waals surface area contributed by atoms with Gasteiger partial charge in [0.2, 0.25) is 5.60 Å². The maximum Gasteiger partial charge on any atom is 0.355 e. The van der Waals surface area contributed by atoms with Crippen molar-refractivity contribution in [3.8, 4) is 0 Å². The molecule has 4 nitrogen and oxygen atoms in total. The summed E-state index contributed by atoms with van der Waals surface area (Å²) in [6, 6.07) is 0. The van der Waals surface area contributed by atoms with Crippen molar-refractivity contribution in [1.82, 2.24) is 0 Å². The molecule has 0 aromatic heterocycles. The second-order valence-electron chi connectivity index (χ2n) is 3.53. The molecule has 0 aromatic rings. The van der Waals surface area contributed by atoms with Gasteiger partial charge in [0.15, 0.2) is 0 Å². The summed E-state index contributed by atoms with van der Waals surface area (Å²) in [7, 11) is 0. The van der Waals surface area contributed by atoms with E-state index in [-0.39, 0.29) is 0 Å². The predicted octanol–water partition coefficient (Wildman–Crippen LogP) is 2.35. The molecule has 0 amide bonds. The fraction of sp³-hybridized carbons (Fsp3) is 0.500. The van der Waals surface area contributed by atoms with Crippen molar-refractivity contribution in [2.45, 2.75) is 38.7 Å². The van der Waals surface area contributed by atoms with Crippen LogP contribution in [-0.2, 0) is 19.1 Å². The van der Waals surface area contributed by atoms with Crippen molar-refractivity contribution >= 4 is 11.9 Å². The van der Waals surface area contributed by atoms with Gasteiger partial charge in [-0.25, -0.2) is 9.59 Å². The number of hydrogen-bond acceptors (Lipinski definition) is 4. The fourth-order valence-electron chi connectivity index (χ4n) is 1.17. The second kappa shape index (κ2) is 6.82. The zero-order chi connectivity index (χ0) is 12.6. The van der Waals surface area contributed by atoms with Crippen LogP contribution in [0, 0.1) is 0 Å². The van der Waals surface area contributed by atoms with Crippen molar-refractivity contribution < 1.29 is 19.1 Å². The molecule has 0 aliphatic heterocycles. The van der Waals surface area contributed by atoms with Crippen LogP contribution in [-0.4, -0.2) is 17.5 Å². The van der Waals surface area contributed by atoms with E-state index in [0.29, 0.717) is 6.42 Å². The number of unbranched alkanes of at least 4 members (excludes halogenated alkanes) is 1. The largest absolute Gasteiger partial charge is 0.444 e. The highest BCUT2D eigenvalue weighted by Crippen LogP contribution is 2.21. The molecule has 1 unspecified atom stereocenters. The Morgan fingerprint density at radius 2 is 2.00 bits per heavy atom. The molecule has 0 saturated carbocycles. The molecule has 90 valence electrons. The van der Waals surface area contributed by atoms with Gasteiger partial charge in [0, 0.05) is 6.08 Å². The molecule has 0 fully saturated rings. The fourth-order valence-corrected chi connectivity index (χ4v) is 1.17. The van der Waals surface area contributed by atoms with Crippen LogP contribution >= 0.6 is 0 Å². The van der Waals surface area contributed by atoms with E-state index in [1.54, 1.807) is 0 Å². The minimum absolute atomic E-state index is 0.412. The SMILES string of the molecule is C=COC(=O)C(C)(CCCC)OC(=O)C=C. The van der Waals surface area contributed by atoms with Crippen LogP contribution in [0.3, 0.4) is 0 Å². The zero-order valence-electron chi connectivity index (χ0n) is 9.82. The Balaban J connectivity index is 4.71. The Hall–Kier alpha value is -1.58. The third-order valence-corrected chi connectivity index (χ3v) is 2.12. The number of esters is 2. The standard InChI is InChI=1S/C12H18O4/c1-5-8-9-12(4,11(14)15-7-3)16-10(13)6-2/h6-7H,2-3,5,8-9H2,1,4H3. The van der Waals surface area contributed by atoms with Crippen LogP contribution in [0.4, 0.5) is 0 Å². The van der Waals surface area contributed by atoms with Crippen molar-refractivity contribution in [1.29, 1.82) is 0 Å². The van der Waals surface area contributed by atoms with Gasteiger partial charge in [-0.15, -0.1) is 0 Å². The lowest BCUT2D eigenvalue weighted by atomic mass is 9.99. The van der Waals surface area contributed by atoms with Gasteiger partial charge in [0.25, 0.3) is 0 Å². The molecule has 1 atom stereocenters. The molecule has 0 radical (unpaired) electrons. The maximum atomic E-state index is 11.6. The Morgan fingerprint density at radius 1 is 1.38 bits per heavy atom. The quantitative estimate of drug-likeness (QED) is 0.380. The van der Waals surface area contributed by atoms with Gasteiger partial charge in [-0.2, -0.15) is 0 Å². The number of ether oxygens (including phenoxy) is 2. The Kier molecular flexibility index (Phi) is 6.15. The maximum absolute atomic E-state index is 11.6. The highest BCUT2D eigenvalue weighted by molar-refractivity contribution is 5.87. The molecule has 0 N–H and O–H groups in total. The summed E-state index contributed by atoms with van der Waals surface area (Å²) in [5, 5.41) is 0. The van der Waals surface area contributed by atoms with Gasteiger partial charge in [-0.05, 0) is 19.8 Å². The van der Waals surface area contributed by atoms with Crippen LogP contribution < -0.4 is 0 Å². The molecule has 0 heterocycles. The summed E-state index contributed by atoms with van der Waals surface area (Å²) in [4.78, 5) is 22.7. The molecular formula is C12H18O4. The first-order chi connectivity index (χ1) is 7.50. The summed E-state index contributed by atoms with van der Waals surface area (Å²) in [6.07, 6.45) is 4.10. The van der Waals surface area contributed by atoms with E-state index in [2.05, 4.69) is 17.9 Å². The average Bonchev–Trinajstić information content (AvgIpc) is 2.26. The van der Waals surface area contributed by atoms with Gasteiger partial charge in [-0.1, -0.05) is 26.5 Å². The number of carbonyl (C=O) groups is 2. The highest BCUT2D eigenvalue weighted by Gasteiger charge is 2.37. The molecule has 0 spiro atoms. The third-order valence-electron chi connectivity index (χ3n) is 2.12. The summed E-state index contributed by atoms with van der Waals surface area (Å²) in [5.74, 6) is -1.26. The van der Waals surface area contributed by atoms with E-state index in [9.17, 15) is 9.59 Å². The molecule has 0 aliphatic carbocycles. The topological polar surface area (TPSA) is 52.6 Å². The predicted molar refractivity (Wildman–Crippen MR) is 60.5 cm³/mol. The van der Waals surface area contributed by atoms with Crippen LogP contribution in [0.2, 0.25) is 0 Å². The molecule has 0 rings (SSSR count). The molecule has 0 aliphatic rings. The lowest BCUT2D eigenvalue weighted by Crippen LogP contribution is -2.40. The van der Waals surface area contributed by atoms with Crippen LogP contribution in [0.15, 0.2) is 25.5 Å². The van der Waals surface area contributed by atoms with Crippen molar-refractivity contribution in [3.63, 3.8) is 0 Å². The van der Waals surface area contributed by atoms with E-state index in [4.69, 9.17) is 4.74 Å². The van der Waals surface area contributed by atoms with E-state index >= 15 is 0 Å². The van der Waals surface area contributed by atoms with E-state index in [0.717, 1.165) is 25.2 Å². The van der Waals surface area contributed by atoms with E-state index < -0.39 is 17.5 Å². The summed E-state index contributed by atoms with van der Waals surface area (Å²) >= 11 is 0. The van der Waals surface area contributed by atoms with Gasteiger partial charge in [0.05, 0.1) is 6.26 Å². The smallest absolute Gasteiger partial charge is 0.355 e. The van der Waals surface area contributed by atoms with Crippen LogP contribution in [0.25, 0.3) is 0 Å². The number of rotatable bonds is 7. The van der Waals surface area contributed by atoms with Crippen molar-refractivity contribution in [2.75, 3.05) is 0 Å². The highest BCUT2D eigenvalue weighted by atomic mass is 16.6. The molecular weight excluding hydrogens is 208 g/mol. The zero-order valence-corrected chi connectivity index (χ0v) is 9.82. The molecule has 0 bridgehead atoms. The second-order valence-corrected chi connectivity index (χ2v) is 3.53. The Morgan fingerprint density at radius 3 is 2.44 bits per heavy atom. The third kappa shape index (κ3) is 4.29. The first-order valence-electron chi connectivity index (χ1n) is 5.17. The van der Waals surface area contributed by atoms with Crippen molar-refractivity contribution in [3.05, 3.63) is 25.5 Å². The minimum atomic E-state index is -1.27. The molecule has 16 heavy (non-hydrogen) atoms. The lowest BCUT2D eigenvalue weighted by molar-refractivity contribution is -0.174. The summed E-state index contributed by atoms with van der Waals surface area (Å²) < 4.78 is 9.69. The van der Waals surface area contributed by atoms with E-state index in [1.807, 2.05) is 6.92 Å². The average molecular weight is 226 g/mol. The van der Waals surface area contributed by atoms with Crippen LogP contribution in [0.1, 0.15) is 33.1 Å². The first kappa shape index (κ1) is 14.4.